The molecule has 0 unspecified atom stereocenters. The summed E-state index contributed by atoms with van der Waals surface area (Å²) in [5.74, 6) is 1.25. The van der Waals surface area contributed by atoms with Crippen LogP contribution in [0.15, 0.2) is 24.3 Å². The van der Waals surface area contributed by atoms with Crippen LogP contribution in [0.4, 0.5) is 11.6 Å². The summed E-state index contributed by atoms with van der Waals surface area (Å²) in [6.45, 7) is 5.89. The second kappa shape index (κ2) is 8.80. The van der Waals surface area contributed by atoms with E-state index < -0.39 is 3.79 Å². The molecular formula is C20H25Cl3N6. The van der Waals surface area contributed by atoms with Crippen LogP contribution < -0.4 is 9.80 Å². The van der Waals surface area contributed by atoms with Gasteiger partial charge < -0.3 is 14.7 Å². The Balaban J connectivity index is 1.66. The fraction of sp³-hybridized carbons (Fsp3) is 0.550. The Labute approximate surface area is 186 Å². The number of anilines is 2. The summed E-state index contributed by atoms with van der Waals surface area (Å²) >= 11 is 18.4. The van der Waals surface area contributed by atoms with Gasteiger partial charge in [-0.15, -0.1) is 0 Å². The lowest BCUT2D eigenvalue weighted by Gasteiger charge is -2.22. The van der Waals surface area contributed by atoms with E-state index in [-0.39, 0.29) is 5.82 Å². The first-order valence-electron chi connectivity index (χ1n) is 10.0. The van der Waals surface area contributed by atoms with Crippen molar-refractivity contribution in [1.29, 1.82) is 0 Å². The number of benzene rings is 1. The Bertz CT molecular complexity index is 833. The van der Waals surface area contributed by atoms with Gasteiger partial charge in [0.15, 0.2) is 11.6 Å². The molecule has 2 fully saturated rings. The van der Waals surface area contributed by atoms with Gasteiger partial charge in [-0.1, -0.05) is 34.8 Å². The van der Waals surface area contributed by atoms with E-state index in [1.807, 2.05) is 12.1 Å². The molecule has 0 amide bonds. The molecule has 0 spiro atoms. The average molecular weight is 456 g/mol. The van der Waals surface area contributed by atoms with Crippen LogP contribution >= 0.6 is 34.8 Å². The molecule has 1 aromatic carbocycles. The Morgan fingerprint density at radius 2 is 1.45 bits per heavy atom. The third-order valence-corrected chi connectivity index (χ3v) is 5.98. The van der Waals surface area contributed by atoms with E-state index in [0.29, 0.717) is 11.8 Å². The first kappa shape index (κ1) is 20.9. The van der Waals surface area contributed by atoms with Crippen molar-refractivity contribution < 1.29 is 0 Å². The van der Waals surface area contributed by atoms with Gasteiger partial charge in [-0.05, 0) is 57.1 Å². The van der Waals surface area contributed by atoms with E-state index >= 15 is 0 Å². The van der Waals surface area contributed by atoms with Gasteiger partial charge in [-0.2, -0.15) is 9.97 Å². The second-order valence-electron chi connectivity index (χ2n) is 7.67. The molecule has 0 aliphatic carbocycles. The SMILES string of the molecule is CN1CCCN(c2nc(-c3ccc(N4CCCC4)cc3)nc(C(Cl)(Cl)Cl)n2)CC1. The van der Waals surface area contributed by atoms with Gasteiger partial charge in [-0.3, -0.25) is 0 Å². The van der Waals surface area contributed by atoms with Crippen LogP contribution in [-0.2, 0) is 3.79 Å². The summed E-state index contributed by atoms with van der Waals surface area (Å²) in [6.07, 6.45) is 3.53. The second-order valence-corrected chi connectivity index (χ2v) is 9.95. The van der Waals surface area contributed by atoms with Crippen LogP contribution in [0.2, 0.25) is 0 Å². The summed E-state index contributed by atoms with van der Waals surface area (Å²) in [7, 11) is 2.12. The first-order valence-corrected chi connectivity index (χ1v) is 11.2. The van der Waals surface area contributed by atoms with Crippen molar-refractivity contribution in [1.82, 2.24) is 19.9 Å². The van der Waals surface area contributed by atoms with Crippen molar-refractivity contribution in [3.8, 4) is 11.4 Å². The highest BCUT2D eigenvalue weighted by Gasteiger charge is 2.30. The van der Waals surface area contributed by atoms with Gasteiger partial charge in [0.1, 0.15) is 0 Å². The number of hydrogen-bond donors (Lipinski definition) is 0. The minimum Gasteiger partial charge on any atom is -0.372 e. The predicted octanol–water partition coefficient (Wildman–Crippen LogP) is 4.11. The van der Waals surface area contributed by atoms with Gasteiger partial charge in [0, 0.05) is 44.0 Å². The van der Waals surface area contributed by atoms with Crippen molar-refractivity contribution in [2.75, 3.05) is 56.1 Å². The van der Waals surface area contributed by atoms with Crippen molar-refractivity contribution in [2.45, 2.75) is 23.1 Å². The number of hydrogen-bond acceptors (Lipinski definition) is 6. The highest BCUT2D eigenvalue weighted by Crippen LogP contribution is 2.37. The van der Waals surface area contributed by atoms with E-state index in [4.69, 9.17) is 39.8 Å². The van der Waals surface area contributed by atoms with Crippen LogP contribution in [0.3, 0.4) is 0 Å². The number of aromatic nitrogens is 3. The minimum absolute atomic E-state index is 0.156. The fourth-order valence-electron chi connectivity index (χ4n) is 3.81. The largest absolute Gasteiger partial charge is 0.372 e. The number of halogens is 3. The summed E-state index contributed by atoms with van der Waals surface area (Å²) in [5, 5.41) is 0. The summed E-state index contributed by atoms with van der Waals surface area (Å²) < 4.78 is -1.70. The smallest absolute Gasteiger partial charge is 0.250 e. The van der Waals surface area contributed by atoms with Crippen LogP contribution in [0, 0.1) is 0 Å². The first-order chi connectivity index (χ1) is 13.9. The summed E-state index contributed by atoms with van der Waals surface area (Å²) in [6, 6.07) is 8.29. The van der Waals surface area contributed by atoms with Crippen LogP contribution in [-0.4, -0.2) is 66.2 Å². The monoisotopic (exact) mass is 454 g/mol. The molecule has 2 aromatic rings. The zero-order chi connectivity index (χ0) is 20.4. The molecule has 3 heterocycles. The predicted molar refractivity (Wildman–Crippen MR) is 120 cm³/mol. The summed E-state index contributed by atoms with van der Waals surface area (Å²) in [4.78, 5) is 20.5. The van der Waals surface area contributed by atoms with Crippen molar-refractivity contribution in [2.24, 2.45) is 0 Å². The lowest BCUT2D eigenvalue weighted by atomic mass is 10.2. The Morgan fingerprint density at radius 1 is 0.759 bits per heavy atom. The minimum atomic E-state index is -1.70. The van der Waals surface area contributed by atoms with Gasteiger partial charge >= 0.3 is 0 Å². The number of alkyl halides is 3. The Hall–Kier alpha value is -1.34. The van der Waals surface area contributed by atoms with E-state index in [1.165, 1.54) is 18.5 Å². The van der Waals surface area contributed by atoms with Gasteiger partial charge in [0.25, 0.3) is 0 Å². The highest BCUT2D eigenvalue weighted by atomic mass is 35.6. The molecule has 6 nitrogen and oxygen atoms in total. The molecule has 29 heavy (non-hydrogen) atoms. The molecule has 0 bridgehead atoms. The van der Waals surface area contributed by atoms with E-state index in [9.17, 15) is 0 Å². The van der Waals surface area contributed by atoms with E-state index in [1.54, 1.807) is 0 Å². The number of nitrogens with zero attached hydrogens (tertiary/aromatic N) is 6. The molecule has 0 N–H and O–H groups in total. The molecule has 9 heteroatoms. The van der Waals surface area contributed by atoms with Crippen LogP contribution in [0.1, 0.15) is 25.1 Å². The molecule has 0 radical (unpaired) electrons. The number of rotatable bonds is 3. The van der Waals surface area contributed by atoms with E-state index in [2.05, 4.69) is 43.8 Å². The molecular weight excluding hydrogens is 431 g/mol. The van der Waals surface area contributed by atoms with E-state index in [0.717, 1.165) is 51.3 Å². The third kappa shape index (κ3) is 5.05. The van der Waals surface area contributed by atoms with Gasteiger partial charge in [0.05, 0.1) is 0 Å². The molecule has 2 aliphatic rings. The topological polar surface area (TPSA) is 48.4 Å². The zero-order valence-corrected chi connectivity index (χ0v) is 18.8. The van der Waals surface area contributed by atoms with Gasteiger partial charge in [-0.25, -0.2) is 4.98 Å². The average Bonchev–Trinajstić information content (AvgIpc) is 3.16. The molecule has 2 aliphatic heterocycles. The Kier molecular flexibility index (Phi) is 6.35. The molecule has 156 valence electrons. The number of likely N-dealkylation sites (N-methyl/N-ethyl adjacent to an activating group) is 1. The van der Waals surface area contributed by atoms with Crippen molar-refractivity contribution in [3.63, 3.8) is 0 Å². The maximum atomic E-state index is 6.14. The van der Waals surface area contributed by atoms with Crippen LogP contribution in [0.25, 0.3) is 11.4 Å². The molecule has 4 rings (SSSR count). The molecule has 0 saturated carbocycles. The third-order valence-electron chi connectivity index (χ3n) is 5.48. The van der Waals surface area contributed by atoms with Gasteiger partial charge in [0.2, 0.25) is 9.74 Å². The normalized spacial score (nSPS) is 18.9. The molecule has 1 aromatic heterocycles. The van der Waals surface area contributed by atoms with Crippen molar-refractivity contribution >= 4 is 46.4 Å². The standard InChI is InChI=1S/C20H25Cl3N6/c1-27-9-4-12-29(14-13-27)19-25-17(24-18(26-19)20(21,22)23)15-5-7-16(8-6-15)28-10-2-3-11-28/h5-8H,2-4,9-14H2,1H3. The molecule has 2 saturated heterocycles. The quantitative estimate of drug-likeness (QED) is 0.649. The zero-order valence-electron chi connectivity index (χ0n) is 16.5. The van der Waals surface area contributed by atoms with Crippen molar-refractivity contribution in [3.05, 3.63) is 30.1 Å². The summed E-state index contributed by atoms with van der Waals surface area (Å²) in [5.41, 5.74) is 2.11. The maximum Gasteiger partial charge on any atom is 0.250 e. The Morgan fingerprint density at radius 3 is 2.14 bits per heavy atom. The maximum absolute atomic E-state index is 6.14. The highest BCUT2D eigenvalue weighted by molar-refractivity contribution is 6.66. The van der Waals surface area contributed by atoms with Crippen LogP contribution in [0.5, 0.6) is 0 Å². The lowest BCUT2D eigenvalue weighted by molar-refractivity contribution is 0.360. The fourth-order valence-corrected chi connectivity index (χ4v) is 4.06. The lowest BCUT2D eigenvalue weighted by Crippen LogP contribution is -2.31. The molecule has 0 atom stereocenters.